The van der Waals surface area contributed by atoms with Gasteiger partial charge < -0.3 is 5.11 Å². The number of carboxylic acids is 1. The predicted octanol–water partition coefficient (Wildman–Crippen LogP) is 3.78. The van der Waals surface area contributed by atoms with Crippen LogP contribution < -0.4 is 0 Å². The van der Waals surface area contributed by atoms with Crippen molar-refractivity contribution >= 4 is 5.97 Å². The van der Waals surface area contributed by atoms with E-state index in [9.17, 15) is 9.90 Å². The molecule has 1 fully saturated rings. The molecule has 3 heteroatoms. The Morgan fingerprint density at radius 3 is 2.16 bits per heavy atom. The summed E-state index contributed by atoms with van der Waals surface area (Å²) < 4.78 is 0. The van der Waals surface area contributed by atoms with E-state index in [0.717, 1.165) is 38.6 Å². The minimum Gasteiger partial charge on any atom is -0.480 e. The lowest BCUT2D eigenvalue weighted by Crippen LogP contribution is -2.48. The predicted molar refractivity (Wildman–Crippen MR) is 79.3 cm³/mol. The van der Waals surface area contributed by atoms with Gasteiger partial charge >= 0.3 is 5.97 Å². The summed E-state index contributed by atoms with van der Waals surface area (Å²) in [5.74, 6) is 0.627. The van der Waals surface area contributed by atoms with Crippen LogP contribution in [0.15, 0.2) is 0 Å². The molecular formula is C16H31NO2. The molecule has 1 atom stereocenters. The first-order valence-corrected chi connectivity index (χ1v) is 7.90. The smallest absolute Gasteiger partial charge is 0.320 e. The van der Waals surface area contributed by atoms with Gasteiger partial charge in [0.2, 0.25) is 0 Å². The number of likely N-dealkylation sites (tertiary alicyclic amines) is 1. The SMILES string of the molecule is CC(C)CC(CC(C)C)N1CCCCCC1C(=O)O. The Morgan fingerprint density at radius 1 is 1.11 bits per heavy atom. The van der Waals surface area contributed by atoms with Crippen molar-refractivity contribution in [1.29, 1.82) is 0 Å². The topological polar surface area (TPSA) is 40.5 Å². The van der Waals surface area contributed by atoms with Gasteiger partial charge in [-0.3, -0.25) is 9.69 Å². The molecule has 1 unspecified atom stereocenters. The highest BCUT2D eigenvalue weighted by atomic mass is 16.4. The number of hydrogen-bond donors (Lipinski definition) is 1. The number of aliphatic carboxylic acids is 1. The van der Waals surface area contributed by atoms with Crippen molar-refractivity contribution in [2.24, 2.45) is 11.8 Å². The van der Waals surface area contributed by atoms with Gasteiger partial charge in [0.05, 0.1) is 0 Å². The summed E-state index contributed by atoms with van der Waals surface area (Å²) in [6.45, 7) is 9.91. The van der Waals surface area contributed by atoms with Crippen LogP contribution in [0.4, 0.5) is 0 Å². The first-order chi connectivity index (χ1) is 8.91. The fraction of sp³-hybridized carbons (Fsp3) is 0.938. The molecule has 0 radical (unpaired) electrons. The van der Waals surface area contributed by atoms with Crippen molar-refractivity contribution in [3.05, 3.63) is 0 Å². The second kappa shape index (κ2) is 7.88. The highest BCUT2D eigenvalue weighted by Gasteiger charge is 2.32. The van der Waals surface area contributed by atoms with Crippen LogP contribution in [0, 0.1) is 11.8 Å². The van der Waals surface area contributed by atoms with Gasteiger partial charge in [0.15, 0.2) is 0 Å². The molecule has 0 bridgehead atoms. The lowest BCUT2D eigenvalue weighted by molar-refractivity contribution is -0.144. The number of carboxylic acid groups (broad SMARTS) is 1. The lowest BCUT2D eigenvalue weighted by atomic mass is 9.93. The summed E-state index contributed by atoms with van der Waals surface area (Å²) in [5.41, 5.74) is 0. The molecule has 0 spiro atoms. The van der Waals surface area contributed by atoms with Crippen molar-refractivity contribution in [3.63, 3.8) is 0 Å². The summed E-state index contributed by atoms with van der Waals surface area (Å²) >= 11 is 0. The number of rotatable bonds is 6. The zero-order valence-electron chi connectivity index (χ0n) is 13.1. The average molecular weight is 269 g/mol. The minimum absolute atomic E-state index is 0.259. The molecule has 0 aromatic heterocycles. The Kier molecular flexibility index (Phi) is 6.84. The largest absolute Gasteiger partial charge is 0.480 e. The third-order valence-corrected chi connectivity index (χ3v) is 4.04. The standard InChI is InChI=1S/C16H31NO2/c1-12(2)10-14(11-13(3)4)17-9-7-5-6-8-15(17)16(18)19/h12-15H,5-11H2,1-4H3,(H,18,19). The van der Waals surface area contributed by atoms with E-state index >= 15 is 0 Å². The Hall–Kier alpha value is -0.570. The normalized spacial score (nSPS) is 22.2. The van der Waals surface area contributed by atoms with Gasteiger partial charge in [-0.25, -0.2) is 0 Å². The monoisotopic (exact) mass is 269 g/mol. The Labute approximate surface area is 118 Å². The molecule has 0 aromatic rings. The molecule has 1 aliphatic heterocycles. The Balaban J connectivity index is 2.83. The fourth-order valence-corrected chi connectivity index (χ4v) is 3.29. The molecule has 1 N–H and O–H groups in total. The van der Waals surface area contributed by atoms with E-state index in [-0.39, 0.29) is 6.04 Å². The van der Waals surface area contributed by atoms with Gasteiger partial charge in [0.25, 0.3) is 0 Å². The first kappa shape index (κ1) is 16.5. The van der Waals surface area contributed by atoms with E-state index in [4.69, 9.17) is 0 Å². The highest BCUT2D eigenvalue weighted by molar-refractivity contribution is 5.73. The van der Waals surface area contributed by atoms with Gasteiger partial charge in [-0.1, -0.05) is 40.5 Å². The molecule has 1 aliphatic rings. The maximum Gasteiger partial charge on any atom is 0.320 e. The van der Waals surface area contributed by atoms with Crippen molar-refractivity contribution in [2.45, 2.75) is 78.3 Å². The van der Waals surface area contributed by atoms with Crippen LogP contribution in [0.25, 0.3) is 0 Å². The van der Waals surface area contributed by atoms with Crippen molar-refractivity contribution in [3.8, 4) is 0 Å². The number of carbonyl (C=O) groups is 1. The van der Waals surface area contributed by atoms with E-state index in [2.05, 4.69) is 32.6 Å². The van der Waals surface area contributed by atoms with Gasteiger partial charge in [-0.15, -0.1) is 0 Å². The Bertz CT molecular complexity index is 266. The van der Waals surface area contributed by atoms with E-state index in [1.54, 1.807) is 0 Å². The van der Waals surface area contributed by atoms with Gasteiger partial charge in [0, 0.05) is 6.04 Å². The molecule has 112 valence electrons. The maximum atomic E-state index is 11.6. The summed E-state index contributed by atoms with van der Waals surface area (Å²) in [6.07, 6.45) is 6.43. The quantitative estimate of drug-likeness (QED) is 0.798. The fourth-order valence-electron chi connectivity index (χ4n) is 3.29. The molecular weight excluding hydrogens is 238 g/mol. The van der Waals surface area contributed by atoms with Crippen molar-refractivity contribution in [2.75, 3.05) is 6.54 Å². The van der Waals surface area contributed by atoms with E-state index in [0.29, 0.717) is 17.9 Å². The van der Waals surface area contributed by atoms with Crippen LogP contribution in [0.2, 0.25) is 0 Å². The van der Waals surface area contributed by atoms with Crippen LogP contribution in [0.1, 0.15) is 66.2 Å². The Morgan fingerprint density at radius 2 is 1.68 bits per heavy atom. The molecule has 0 saturated carbocycles. The molecule has 0 amide bonds. The molecule has 0 aromatic carbocycles. The van der Waals surface area contributed by atoms with Gasteiger partial charge in [-0.2, -0.15) is 0 Å². The van der Waals surface area contributed by atoms with Crippen LogP contribution in [-0.4, -0.2) is 34.6 Å². The second-order valence-corrected chi connectivity index (χ2v) is 6.85. The summed E-state index contributed by atoms with van der Waals surface area (Å²) in [6, 6.07) is 0.171. The summed E-state index contributed by atoms with van der Waals surface area (Å²) in [5, 5.41) is 9.51. The van der Waals surface area contributed by atoms with E-state index in [1.807, 2.05) is 0 Å². The number of nitrogens with zero attached hydrogens (tertiary/aromatic N) is 1. The van der Waals surface area contributed by atoms with Crippen LogP contribution >= 0.6 is 0 Å². The van der Waals surface area contributed by atoms with Gasteiger partial charge in [-0.05, 0) is 44.1 Å². The highest BCUT2D eigenvalue weighted by Crippen LogP contribution is 2.26. The maximum absolute atomic E-state index is 11.6. The van der Waals surface area contributed by atoms with Gasteiger partial charge in [0.1, 0.15) is 6.04 Å². The van der Waals surface area contributed by atoms with E-state index in [1.165, 1.54) is 6.42 Å². The molecule has 1 saturated heterocycles. The summed E-state index contributed by atoms with van der Waals surface area (Å²) in [4.78, 5) is 13.9. The second-order valence-electron chi connectivity index (χ2n) is 6.85. The van der Waals surface area contributed by atoms with Crippen molar-refractivity contribution < 1.29 is 9.90 Å². The third-order valence-electron chi connectivity index (χ3n) is 4.04. The van der Waals surface area contributed by atoms with Crippen molar-refractivity contribution in [1.82, 2.24) is 4.90 Å². The van der Waals surface area contributed by atoms with Crippen LogP contribution in [0.5, 0.6) is 0 Å². The van der Waals surface area contributed by atoms with Crippen LogP contribution in [0.3, 0.4) is 0 Å². The molecule has 1 heterocycles. The zero-order chi connectivity index (χ0) is 14.4. The molecule has 19 heavy (non-hydrogen) atoms. The molecule has 1 rings (SSSR count). The summed E-state index contributed by atoms with van der Waals surface area (Å²) in [7, 11) is 0. The minimum atomic E-state index is -0.626. The average Bonchev–Trinajstić information content (AvgIpc) is 2.51. The zero-order valence-corrected chi connectivity index (χ0v) is 13.1. The first-order valence-electron chi connectivity index (χ1n) is 7.90. The number of hydrogen-bond acceptors (Lipinski definition) is 2. The molecule has 0 aliphatic carbocycles. The van der Waals surface area contributed by atoms with E-state index < -0.39 is 5.97 Å². The van der Waals surface area contributed by atoms with Crippen LogP contribution in [-0.2, 0) is 4.79 Å². The molecule has 3 nitrogen and oxygen atoms in total. The third kappa shape index (κ3) is 5.52. The lowest BCUT2D eigenvalue weighted by Gasteiger charge is -2.37.